The lowest BCUT2D eigenvalue weighted by atomic mass is 10.1. The quantitative estimate of drug-likeness (QED) is 0.717. The van der Waals surface area contributed by atoms with E-state index in [-0.39, 0.29) is 11.9 Å². The largest absolute Gasteiger partial charge is 0.351 e. The van der Waals surface area contributed by atoms with Gasteiger partial charge in [-0.05, 0) is 12.8 Å². The van der Waals surface area contributed by atoms with Crippen LogP contribution in [0.15, 0.2) is 0 Å². The maximum absolute atomic E-state index is 12.2. The molecule has 1 atom stereocenters. The Labute approximate surface area is 105 Å². The fourth-order valence-corrected chi connectivity index (χ4v) is 2.97. The molecule has 1 N–H and O–H groups in total. The van der Waals surface area contributed by atoms with E-state index < -0.39 is 0 Å². The van der Waals surface area contributed by atoms with Gasteiger partial charge in [0.05, 0.1) is 19.6 Å². The van der Waals surface area contributed by atoms with E-state index in [9.17, 15) is 4.79 Å². The fraction of sp³-hybridized carbons (Fsp3) is 0.923. The molecule has 0 aromatic carbocycles. The first-order chi connectivity index (χ1) is 8.03. The Bertz CT molecular complexity index is 269. The smallest absolute Gasteiger partial charge is 0.278 e. The van der Waals surface area contributed by atoms with Gasteiger partial charge in [-0.15, -0.1) is 0 Å². The number of hydrogen-bond donors (Lipinski definition) is 1. The van der Waals surface area contributed by atoms with E-state index in [1.54, 1.807) is 0 Å². The standard InChI is InChI=1S/C13H25N3O/c1-11(2)10-14-13(17)12(3)16-7-4-15(5-8-16)6-9-16/h11-12H,4-10H2,1-3H3/p+1/t12-/m1/s1. The van der Waals surface area contributed by atoms with Crippen LogP contribution in [-0.4, -0.2) is 67.1 Å². The molecule has 17 heavy (non-hydrogen) atoms. The van der Waals surface area contributed by atoms with Crippen molar-refractivity contribution in [2.45, 2.75) is 26.8 Å². The van der Waals surface area contributed by atoms with E-state index in [4.69, 9.17) is 0 Å². The summed E-state index contributed by atoms with van der Waals surface area (Å²) in [5.41, 5.74) is 0. The number of fused-ring (bicyclic) bond motifs is 3. The van der Waals surface area contributed by atoms with Crippen LogP contribution < -0.4 is 5.32 Å². The lowest BCUT2D eigenvalue weighted by Crippen LogP contribution is -2.72. The summed E-state index contributed by atoms with van der Waals surface area (Å²) in [5.74, 6) is 0.776. The molecule has 0 aliphatic carbocycles. The Kier molecular flexibility index (Phi) is 3.73. The van der Waals surface area contributed by atoms with Gasteiger partial charge in [0.15, 0.2) is 6.04 Å². The number of carbonyl (C=O) groups is 1. The molecule has 0 aromatic rings. The maximum Gasteiger partial charge on any atom is 0.278 e. The van der Waals surface area contributed by atoms with E-state index >= 15 is 0 Å². The van der Waals surface area contributed by atoms with E-state index in [1.807, 2.05) is 0 Å². The topological polar surface area (TPSA) is 32.3 Å². The minimum atomic E-state index is 0.121. The van der Waals surface area contributed by atoms with Gasteiger partial charge in [-0.25, -0.2) is 0 Å². The minimum Gasteiger partial charge on any atom is -0.351 e. The molecule has 0 radical (unpaired) electrons. The van der Waals surface area contributed by atoms with Gasteiger partial charge in [-0.1, -0.05) is 13.8 Å². The third-order valence-corrected chi connectivity index (χ3v) is 4.47. The summed E-state index contributed by atoms with van der Waals surface area (Å²) in [7, 11) is 0. The van der Waals surface area contributed by atoms with Gasteiger partial charge in [0.1, 0.15) is 0 Å². The Morgan fingerprint density at radius 1 is 1.18 bits per heavy atom. The molecule has 3 heterocycles. The van der Waals surface area contributed by atoms with Crippen molar-refractivity contribution in [1.82, 2.24) is 10.2 Å². The SMILES string of the molecule is CC(C)CNC(=O)[C@@H](C)[N+]12CCN(CC1)CC2. The highest BCUT2D eigenvalue weighted by Gasteiger charge is 2.44. The van der Waals surface area contributed by atoms with Crippen molar-refractivity contribution in [3.8, 4) is 0 Å². The van der Waals surface area contributed by atoms with E-state index in [2.05, 4.69) is 31.0 Å². The lowest BCUT2D eigenvalue weighted by molar-refractivity contribution is -0.953. The number of hydrogen-bond acceptors (Lipinski definition) is 2. The average Bonchev–Trinajstić information content (AvgIpc) is 2.37. The first kappa shape index (κ1) is 12.8. The molecule has 4 heteroatoms. The summed E-state index contributed by atoms with van der Waals surface area (Å²) in [6.07, 6.45) is 0. The molecule has 4 nitrogen and oxygen atoms in total. The van der Waals surface area contributed by atoms with Crippen LogP contribution in [0, 0.1) is 5.92 Å². The van der Waals surface area contributed by atoms with Gasteiger partial charge in [-0.3, -0.25) is 9.69 Å². The molecule has 3 aliphatic rings. The molecule has 98 valence electrons. The Morgan fingerprint density at radius 3 is 2.18 bits per heavy atom. The van der Waals surface area contributed by atoms with Crippen molar-refractivity contribution < 1.29 is 9.28 Å². The van der Waals surface area contributed by atoms with Crippen LogP contribution in [0.4, 0.5) is 0 Å². The molecule has 3 saturated heterocycles. The molecule has 0 unspecified atom stereocenters. The Balaban J connectivity index is 1.93. The molecule has 0 saturated carbocycles. The summed E-state index contributed by atoms with van der Waals surface area (Å²) in [6, 6.07) is 0.121. The zero-order valence-corrected chi connectivity index (χ0v) is 11.4. The van der Waals surface area contributed by atoms with Crippen LogP contribution in [0.2, 0.25) is 0 Å². The molecule has 3 aliphatic heterocycles. The third-order valence-electron chi connectivity index (χ3n) is 4.47. The molecule has 0 aromatic heterocycles. The molecule has 1 amide bonds. The first-order valence-electron chi connectivity index (χ1n) is 6.89. The van der Waals surface area contributed by atoms with Crippen molar-refractivity contribution in [2.75, 3.05) is 45.8 Å². The van der Waals surface area contributed by atoms with Gasteiger partial charge < -0.3 is 9.80 Å². The highest BCUT2D eigenvalue weighted by atomic mass is 16.2. The number of carbonyl (C=O) groups excluding carboxylic acids is 1. The number of quaternary nitrogens is 1. The second kappa shape index (κ2) is 4.94. The zero-order valence-electron chi connectivity index (χ0n) is 11.4. The van der Waals surface area contributed by atoms with Crippen LogP contribution in [0.5, 0.6) is 0 Å². The van der Waals surface area contributed by atoms with Crippen molar-refractivity contribution in [1.29, 1.82) is 0 Å². The number of rotatable bonds is 4. The summed E-state index contributed by atoms with van der Waals surface area (Å²) in [6.45, 7) is 14.1. The monoisotopic (exact) mass is 240 g/mol. The van der Waals surface area contributed by atoms with Crippen LogP contribution >= 0.6 is 0 Å². The van der Waals surface area contributed by atoms with Gasteiger partial charge in [0.2, 0.25) is 0 Å². The summed E-state index contributed by atoms with van der Waals surface area (Å²) in [4.78, 5) is 14.7. The summed E-state index contributed by atoms with van der Waals surface area (Å²) in [5, 5.41) is 3.09. The van der Waals surface area contributed by atoms with Crippen molar-refractivity contribution in [2.24, 2.45) is 5.92 Å². The fourth-order valence-electron chi connectivity index (χ4n) is 2.97. The molecular weight excluding hydrogens is 214 g/mol. The zero-order chi connectivity index (χ0) is 12.5. The number of amides is 1. The number of nitrogens with zero attached hydrogens (tertiary/aromatic N) is 2. The lowest BCUT2D eigenvalue weighted by Gasteiger charge is -2.53. The maximum atomic E-state index is 12.2. The number of nitrogens with one attached hydrogen (secondary N) is 1. The predicted molar refractivity (Wildman–Crippen MR) is 68.6 cm³/mol. The van der Waals surface area contributed by atoms with Crippen molar-refractivity contribution in [3.63, 3.8) is 0 Å². The normalized spacial score (nSPS) is 33.8. The predicted octanol–water partition coefficient (Wildman–Crippen LogP) is 0.293. The van der Waals surface area contributed by atoms with Gasteiger partial charge >= 0.3 is 0 Å². The minimum absolute atomic E-state index is 0.121. The summed E-state index contributed by atoms with van der Waals surface area (Å²) >= 11 is 0. The Morgan fingerprint density at radius 2 is 1.71 bits per heavy atom. The molecule has 2 bridgehead atoms. The van der Waals surface area contributed by atoms with Crippen LogP contribution in [0.1, 0.15) is 20.8 Å². The third kappa shape index (κ3) is 2.63. The summed E-state index contributed by atoms with van der Waals surface area (Å²) < 4.78 is 1.01. The van der Waals surface area contributed by atoms with Gasteiger partial charge in [-0.2, -0.15) is 0 Å². The van der Waals surface area contributed by atoms with Crippen molar-refractivity contribution >= 4 is 5.91 Å². The Hall–Kier alpha value is -0.610. The van der Waals surface area contributed by atoms with E-state index in [0.717, 1.165) is 30.7 Å². The second-order valence-corrected chi connectivity index (χ2v) is 6.05. The number of piperazine rings is 3. The highest BCUT2D eigenvalue weighted by molar-refractivity contribution is 5.80. The van der Waals surface area contributed by atoms with Gasteiger partial charge in [0, 0.05) is 26.2 Å². The van der Waals surface area contributed by atoms with Gasteiger partial charge in [0.25, 0.3) is 5.91 Å². The van der Waals surface area contributed by atoms with Crippen LogP contribution in [0.25, 0.3) is 0 Å². The van der Waals surface area contributed by atoms with E-state index in [0.29, 0.717) is 5.92 Å². The van der Waals surface area contributed by atoms with E-state index in [1.165, 1.54) is 19.6 Å². The molecular formula is C13H26N3O+. The molecule has 3 rings (SSSR count). The van der Waals surface area contributed by atoms with Crippen molar-refractivity contribution in [3.05, 3.63) is 0 Å². The highest BCUT2D eigenvalue weighted by Crippen LogP contribution is 2.23. The second-order valence-electron chi connectivity index (χ2n) is 6.05. The molecule has 3 fully saturated rings. The molecule has 0 spiro atoms. The van der Waals surface area contributed by atoms with Crippen LogP contribution in [-0.2, 0) is 4.79 Å². The first-order valence-corrected chi connectivity index (χ1v) is 6.89. The average molecular weight is 240 g/mol. The van der Waals surface area contributed by atoms with Crippen LogP contribution in [0.3, 0.4) is 0 Å².